The Kier molecular flexibility index (Phi) is 6.36. The van der Waals surface area contributed by atoms with Gasteiger partial charge in [-0.1, -0.05) is 32.3 Å². The van der Waals surface area contributed by atoms with Crippen molar-refractivity contribution in [3.05, 3.63) is 28.1 Å². The first kappa shape index (κ1) is 17.7. The second-order valence-corrected chi connectivity index (χ2v) is 6.62. The molecule has 0 aromatic carbocycles. The Labute approximate surface area is 141 Å². The topological polar surface area (TPSA) is 60.9 Å². The molecule has 1 N–H and O–H groups in total. The SMILES string of the molecule is CCCCCCN1C(=O)C(c2cccs2)=C(N(C)CCO)C1=O. The summed E-state index contributed by atoms with van der Waals surface area (Å²) in [4.78, 5) is 29.3. The number of hydrogen-bond acceptors (Lipinski definition) is 5. The molecule has 23 heavy (non-hydrogen) atoms. The minimum Gasteiger partial charge on any atom is -0.395 e. The van der Waals surface area contributed by atoms with Crippen LogP contribution in [0.3, 0.4) is 0 Å². The lowest BCUT2D eigenvalue weighted by atomic mass is 10.1. The third-order valence-electron chi connectivity index (χ3n) is 3.96. The molecule has 1 aromatic rings. The molecule has 0 fully saturated rings. The highest BCUT2D eigenvalue weighted by Gasteiger charge is 2.40. The number of carbonyl (C=O) groups is 2. The first-order chi connectivity index (χ1) is 11.1. The molecule has 1 aromatic heterocycles. The number of unbranched alkanes of at least 4 members (excludes halogenated alkanes) is 3. The Morgan fingerprint density at radius 1 is 1.22 bits per heavy atom. The van der Waals surface area contributed by atoms with Gasteiger partial charge >= 0.3 is 0 Å². The van der Waals surface area contributed by atoms with E-state index in [4.69, 9.17) is 5.11 Å². The third-order valence-corrected chi connectivity index (χ3v) is 4.85. The molecule has 2 rings (SSSR count). The number of thiophene rings is 1. The zero-order valence-corrected chi connectivity index (χ0v) is 14.6. The number of rotatable bonds is 9. The van der Waals surface area contributed by atoms with Crippen molar-refractivity contribution in [2.24, 2.45) is 0 Å². The third kappa shape index (κ3) is 3.82. The average Bonchev–Trinajstić information content (AvgIpc) is 3.12. The summed E-state index contributed by atoms with van der Waals surface area (Å²) in [5.41, 5.74) is 0.874. The average molecular weight is 336 g/mol. The number of nitrogens with zero attached hydrogens (tertiary/aromatic N) is 2. The van der Waals surface area contributed by atoms with Gasteiger partial charge in [0, 0.05) is 25.0 Å². The Morgan fingerprint density at radius 2 is 2.00 bits per heavy atom. The second-order valence-electron chi connectivity index (χ2n) is 5.67. The molecule has 1 aliphatic heterocycles. The zero-order valence-electron chi connectivity index (χ0n) is 13.7. The van der Waals surface area contributed by atoms with Gasteiger partial charge in [-0.3, -0.25) is 14.5 Å². The van der Waals surface area contributed by atoms with Gasteiger partial charge in [-0.15, -0.1) is 11.3 Å². The van der Waals surface area contributed by atoms with Crippen LogP contribution in [0, 0.1) is 0 Å². The van der Waals surface area contributed by atoms with Crippen LogP contribution in [0.1, 0.15) is 37.5 Å². The van der Waals surface area contributed by atoms with Gasteiger partial charge in [0.15, 0.2) is 0 Å². The lowest BCUT2D eigenvalue weighted by Gasteiger charge is -2.20. The van der Waals surface area contributed by atoms with E-state index in [9.17, 15) is 9.59 Å². The first-order valence-corrected chi connectivity index (χ1v) is 8.96. The zero-order chi connectivity index (χ0) is 16.8. The van der Waals surface area contributed by atoms with Crippen LogP contribution < -0.4 is 0 Å². The summed E-state index contributed by atoms with van der Waals surface area (Å²) in [6.45, 7) is 2.86. The Morgan fingerprint density at radius 3 is 2.61 bits per heavy atom. The van der Waals surface area contributed by atoms with Crippen LogP contribution in [-0.2, 0) is 9.59 Å². The van der Waals surface area contributed by atoms with E-state index >= 15 is 0 Å². The summed E-state index contributed by atoms with van der Waals surface area (Å²) in [5, 5.41) is 11.1. The van der Waals surface area contributed by atoms with Crippen LogP contribution in [0.15, 0.2) is 23.2 Å². The molecule has 6 heteroatoms. The number of aliphatic hydroxyl groups is 1. The van der Waals surface area contributed by atoms with Crippen LogP contribution in [-0.4, -0.2) is 53.5 Å². The second kappa shape index (κ2) is 8.26. The van der Waals surface area contributed by atoms with E-state index in [-0.39, 0.29) is 18.4 Å². The summed E-state index contributed by atoms with van der Waals surface area (Å²) in [5.74, 6) is -0.459. The van der Waals surface area contributed by atoms with Crippen molar-refractivity contribution in [3.8, 4) is 0 Å². The minimum atomic E-state index is -0.245. The first-order valence-electron chi connectivity index (χ1n) is 8.08. The van der Waals surface area contributed by atoms with Gasteiger partial charge in [0.2, 0.25) is 0 Å². The van der Waals surface area contributed by atoms with Gasteiger partial charge in [0.1, 0.15) is 5.70 Å². The fourth-order valence-corrected chi connectivity index (χ4v) is 3.48. The Bertz CT molecular complexity index is 581. The lowest BCUT2D eigenvalue weighted by Crippen LogP contribution is -2.35. The smallest absolute Gasteiger partial charge is 0.277 e. The Balaban J connectivity index is 2.24. The summed E-state index contributed by atoms with van der Waals surface area (Å²) in [6, 6.07) is 3.73. The minimum absolute atomic E-state index is 0.0598. The normalized spacial score (nSPS) is 15.0. The van der Waals surface area contributed by atoms with Crippen molar-refractivity contribution in [1.29, 1.82) is 0 Å². The van der Waals surface area contributed by atoms with E-state index in [1.54, 1.807) is 11.9 Å². The Hall–Kier alpha value is -1.66. The maximum Gasteiger partial charge on any atom is 0.277 e. The standard InChI is InChI=1S/C17H24N2O3S/c1-3-4-5-6-9-19-16(21)14(13-8-7-12-23-13)15(17(19)22)18(2)10-11-20/h7-8,12,20H,3-6,9-11H2,1-2H3. The van der Waals surface area contributed by atoms with Crippen molar-refractivity contribution >= 4 is 28.7 Å². The highest BCUT2D eigenvalue weighted by atomic mass is 32.1. The molecule has 0 bridgehead atoms. The van der Waals surface area contributed by atoms with Gasteiger partial charge in [0.05, 0.1) is 12.2 Å². The van der Waals surface area contributed by atoms with Crippen molar-refractivity contribution in [3.63, 3.8) is 0 Å². The predicted octanol–water partition coefficient (Wildman–Crippen LogP) is 2.33. The molecule has 0 radical (unpaired) electrons. The highest BCUT2D eigenvalue weighted by molar-refractivity contribution is 7.11. The van der Waals surface area contributed by atoms with Gasteiger partial charge in [-0.2, -0.15) is 0 Å². The van der Waals surface area contributed by atoms with E-state index in [1.807, 2.05) is 17.5 Å². The fourth-order valence-electron chi connectivity index (χ4n) is 2.72. The number of hydrogen-bond donors (Lipinski definition) is 1. The largest absolute Gasteiger partial charge is 0.395 e. The van der Waals surface area contributed by atoms with Crippen LogP contribution in [0.25, 0.3) is 5.57 Å². The number of amides is 2. The fraction of sp³-hybridized carbons (Fsp3) is 0.529. The molecule has 0 atom stereocenters. The van der Waals surface area contributed by atoms with Crippen molar-refractivity contribution < 1.29 is 14.7 Å². The molecule has 2 heterocycles. The van der Waals surface area contributed by atoms with E-state index in [2.05, 4.69) is 6.92 Å². The van der Waals surface area contributed by atoms with Crippen molar-refractivity contribution in [1.82, 2.24) is 9.80 Å². The van der Waals surface area contributed by atoms with Crippen LogP contribution in [0.4, 0.5) is 0 Å². The van der Waals surface area contributed by atoms with E-state index in [0.29, 0.717) is 24.4 Å². The molecular formula is C17H24N2O3S. The van der Waals surface area contributed by atoms with Gasteiger partial charge in [0.25, 0.3) is 11.8 Å². The molecule has 0 spiro atoms. The van der Waals surface area contributed by atoms with Crippen molar-refractivity contribution in [2.75, 3.05) is 26.7 Å². The summed E-state index contributed by atoms with van der Waals surface area (Å²) in [6.07, 6.45) is 4.08. The quantitative estimate of drug-likeness (QED) is 0.555. The predicted molar refractivity (Wildman–Crippen MR) is 91.8 cm³/mol. The van der Waals surface area contributed by atoms with Crippen LogP contribution in [0.2, 0.25) is 0 Å². The van der Waals surface area contributed by atoms with Crippen LogP contribution in [0.5, 0.6) is 0 Å². The van der Waals surface area contributed by atoms with Gasteiger partial charge in [-0.25, -0.2) is 0 Å². The lowest BCUT2D eigenvalue weighted by molar-refractivity contribution is -0.137. The number of likely N-dealkylation sites (N-methyl/N-ethyl adjacent to an activating group) is 1. The molecular weight excluding hydrogens is 312 g/mol. The monoisotopic (exact) mass is 336 g/mol. The molecule has 0 aliphatic carbocycles. The summed E-state index contributed by atoms with van der Waals surface area (Å²) >= 11 is 1.45. The summed E-state index contributed by atoms with van der Waals surface area (Å²) in [7, 11) is 1.74. The molecule has 2 amide bonds. The molecule has 1 aliphatic rings. The number of carbonyl (C=O) groups excluding carboxylic acids is 2. The van der Waals surface area contributed by atoms with Gasteiger partial charge < -0.3 is 10.0 Å². The van der Waals surface area contributed by atoms with E-state index < -0.39 is 0 Å². The molecule has 5 nitrogen and oxygen atoms in total. The van der Waals surface area contributed by atoms with Crippen LogP contribution >= 0.6 is 11.3 Å². The number of imide groups is 1. The molecule has 126 valence electrons. The van der Waals surface area contributed by atoms with E-state index in [0.717, 1.165) is 30.6 Å². The van der Waals surface area contributed by atoms with Gasteiger partial charge in [-0.05, 0) is 17.9 Å². The summed E-state index contributed by atoms with van der Waals surface area (Å²) < 4.78 is 0. The van der Waals surface area contributed by atoms with E-state index in [1.165, 1.54) is 16.2 Å². The molecule has 0 saturated heterocycles. The molecule has 0 unspecified atom stereocenters. The highest BCUT2D eigenvalue weighted by Crippen LogP contribution is 2.33. The maximum absolute atomic E-state index is 12.8. The van der Waals surface area contributed by atoms with Crippen molar-refractivity contribution in [2.45, 2.75) is 32.6 Å². The maximum atomic E-state index is 12.8. The molecule has 0 saturated carbocycles. The number of aliphatic hydroxyl groups excluding tert-OH is 1.